The standard InChI is InChI=1S/C24H29ClN4O3S2/c1-4-5-12-27(3)34(31,32)19-9-7-18(8-10-19)23(30)28-13-15-29(16-14-28)24-26-21-17(2)6-11-20(25)22(21)33-24/h6-11H,4-5,12-16H2,1-3H3. The number of unbranched alkanes of at least 4 members (excludes halogenated alkanes) is 1. The summed E-state index contributed by atoms with van der Waals surface area (Å²) in [7, 11) is -1.96. The molecule has 34 heavy (non-hydrogen) atoms. The second-order valence-corrected chi connectivity index (χ2v) is 12.0. The Balaban J connectivity index is 1.41. The molecule has 182 valence electrons. The highest BCUT2D eigenvalue weighted by atomic mass is 35.5. The topological polar surface area (TPSA) is 73.8 Å². The number of halogens is 1. The molecule has 1 aliphatic heterocycles. The predicted molar refractivity (Wildman–Crippen MR) is 139 cm³/mol. The zero-order chi connectivity index (χ0) is 24.5. The number of carbonyl (C=O) groups is 1. The molecule has 0 aliphatic carbocycles. The van der Waals surface area contributed by atoms with Crippen molar-refractivity contribution in [3.05, 3.63) is 52.5 Å². The fourth-order valence-corrected chi connectivity index (χ4v) is 6.54. The van der Waals surface area contributed by atoms with Crippen molar-refractivity contribution in [1.82, 2.24) is 14.2 Å². The fourth-order valence-electron chi connectivity index (χ4n) is 3.96. The van der Waals surface area contributed by atoms with E-state index in [0.717, 1.165) is 33.8 Å². The lowest BCUT2D eigenvalue weighted by molar-refractivity contribution is 0.0746. The molecule has 0 saturated carbocycles. The summed E-state index contributed by atoms with van der Waals surface area (Å²) in [6.07, 6.45) is 1.73. The summed E-state index contributed by atoms with van der Waals surface area (Å²) in [5.41, 5.74) is 2.52. The molecule has 1 aromatic heterocycles. The number of nitrogens with zero attached hydrogens (tertiary/aromatic N) is 4. The molecule has 0 bridgehead atoms. The summed E-state index contributed by atoms with van der Waals surface area (Å²) >= 11 is 7.93. The zero-order valence-corrected chi connectivity index (χ0v) is 22.0. The van der Waals surface area contributed by atoms with Crippen LogP contribution in [0.1, 0.15) is 35.7 Å². The number of carbonyl (C=O) groups excluding carboxylic acids is 1. The molecule has 0 spiro atoms. The molecule has 0 radical (unpaired) electrons. The molecule has 0 unspecified atom stereocenters. The Kier molecular flexibility index (Phi) is 7.47. The van der Waals surface area contributed by atoms with Crippen LogP contribution in [0.25, 0.3) is 10.2 Å². The first-order valence-corrected chi connectivity index (χ1v) is 14.0. The molecule has 10 heteroatoms. The second kappa shape index (κ2) is 10.2. The maximum atomic E-state index is 13.0. The van der Waals surface area contributed by atoms with Crippen LogP contribution in [0.2, 0.25) is 5.02 Å². The molecule has 3 aromatic rings. The predicted octanol–water partition coefficient (Wildman–Crippen LogP) is 4.64. The minimum Gasteiger partial charge on any atom is -0.345 e. The van der Waals surface area contributed by atoms with Gasteiger partial charge < -0.3 is 9.80 Å². The molecular weight excluding hydrogens is 492 g/mol. The quantitative estimate of drug-likeness (QED) is 0.453. The molecular formula is C24H29ClN4O3S2. The molecule has 1 fully saturated rings. The number of rotatable bonds is 7. The van der Waals surface area contributed by atoms with E-state index < -0.39 is 10.0 Å². The third kappa shape index (κ3) is 4.93. The van der Waals surface area contributed by atoms with Crippen molar-refractivity contribution in [3.8, 4) is 0 Å². The average molecular weight is 521 g/mol. The number of aryl methyl sites for hydroxylation is 1. The highest BCUT2D eigenvalue weighted by molar-refractivity contribution is 7.89. The van der Waals surface area contributed by atoms with Gasteiger partial charge in [0, 0.05) is 45.3 Å². The number of anilines is 1. The smallest absolute Gasteiger partial charge is 0.253 e. The Morgan fingerprint density at radius 1 is 1.12 bits per heavy atom. The van der Waals surface area contributed by atoms with Crippen LogP contribution in [0, 0.1) is 6.92 Å². The van der Waals surface area contributed by atoms with Gasteiger partial charge in [-0.05, 0) is 49.2 Å². The number of hydrogen-bond donors (Lipinski definition) is 0. The first-order chi connectivity index (χ1) is 16.2. The summed E-state index contributed by atoms with van der Waals surface area (Å²) in [5, 5.41) is 1.63. The van der Waals surface area contributed by atoms with E-state index in [9.17, 15) is 13.2 Å². The van der Waals surface area contributed by atoms with Crippen molar-refractivity contribution >= 4 is 54.2 Å². The fraction of sp³-hybridized carbons (Fsp3) is 0.417. The Morgan fingerprint density at radius 3 is 2.41 bits per heavy atom. The van der Waals surface area contributed by atoms with Gasteiger partial charge in [-0.25, -0.2) is 17.7 Å². The van der Waals surface area contributed by atoms with Crippen LogP contribution in [0.4, 0.5) is 5.13 Å². The van der Waals surface area contributed by atoms with Gasteiger partial charge in [0.15, 0.2) is 5.13 Å². The molecule has 4 rings (SSSR count). The van der Waals surface area contributed by atoms with E-state index in [1.165, 1.54) is 16.4 Å². The van der Waals surface area contributed by atoms with Crippen LogP contribution < -0.4 is 4.90 Å². The van der Waals surface area contributed by atoms with E-state index in [2.05, 4.69) is 4.90 Å². The zero-order valence-electron chi connectivity index (χ0n) is 19.6. The molecule has 1 saturated heterocycles. The van der Waals surface area contributed by atoms with Crippen LogP contribution >= 0.6 is 22.9 Å². The first kappa shape index (κ1) is 24.9. The number of benzene rings is 2. The maximum absolute atomic E-state index is 13.0. The van der Waals surface area contributed by atoms with Crippen LogP contribution in [0.5, 0.6) is 0 Å². The van der Waals surface area contributed by atoms with Gasteiger partial charge in [0.2, 0.25) is 10.0 Å². The van der Waals surface area contributed by atoms with Gasteiger partial charge in [-0.2, -0.15) is 0 Å². The Hall–Kier alpha value is -2.20. The largest absolute Gasteiger partial charge is 0.345 e. The monoisotopic (exact) mass is 520 g/mol. The van der Waals surface area contributed by atoms with Crippen molar-refractivity contribution in [2.75, 3.05) is 44.7 Å². The molecule has 0 N–H and O–H groups in total. The Bertz CT molecular complexity index is 1240. The van der Waals surface area contributed by atoms with Gasteiger partial charge in [-0.3, -0.25) is 4.79 Å². The lowest BCUT2D eigenvalue weighted by atomic mass is 10.2. The Labute approximate surface area is 210 Å². The highest BCUT2D eigenvalue weighted by Crippen LogP contribution is 2.35. The van der Waals surface area contributed by atoms with Crippen LogP contribution in [0.3, 0.4) is 0 Å². The number of amides is 1. The van der Waals surface area contributed by atoms with Crippen molar-refractivity contribution in [1.29, 1.82) is 0 Å². The van der Waals surface area contributed by atoms with E-state index in [4.69, 9.17) is 16.6 Å². The van der Waals surface area contributed by atoms with Crippen LogP contribution in [-0.4, -0.2) is 68.3 Å². The molecule has 2 heterocycles. The van der Waals surface area contributed by atoms with E-state index in [1.807, 2.05) is 26.0 Å². The van der Waals surface area contributed by atoms with Crippen LogP contribution in [0.15, 0.2) is 41.3 Å². The lowest BCUT2D eigenvalue weighted by Crippen LogP contribution is -2.48. The second-order valence-electron chi connectivity index (χ2n) is 8.52. The number of piperazine rings is 1. The average Bonchev–Trinajstić information content (AvgIpc) is 3.31. The van der Waals surface area contributed by atoms with E-state index in [-0.39, 0.29) is 10.8 Å². The Morgan fingerprint density at radius 2 is 1.79 bits per heavy atom. The highest BCUT2D eigenvalue weighted by Gasteiger charge is 2.26. The number of hydrogen-bond acceptors (Lipinski definition) is 6. The van der Waals surface area contributed by atoms with Crippen LogP contribution in [-0.2, 0) is 10.0 Å². The number of sulfonamides is 1. The SMILES string of the molecule is CCCCN(C)S(=O)(=O)c1ccc(C(=O)N2CCN(c3nc4c(C)ccc(Cl)c4s3)CC2)cc1. The van der Waals surface area contributed by atoms with E-state index in [0.29, 0.717) is 43.3 Å². The third-order valence-corrected chi connectivity index (χ3v) is 9.61. The van der Waals surface area contributed by atoms with Gasteiger partial charge in [0.05, 0.1) is 20.1 Å². The van der Waals surface area contributed by atoms with Gasteiger partial charge in [0.1, 0.15) is 0 Å². The molecule has 7 nitrogen and oxygen atoms in total. The minimum absolute atomic E-state index is 0.0916. The molecule has 1 amide bonds. The number of aromatic nitrogens is 1. The van der Waals surface area contributed by atoms with Gasteiger partial charge >= 0.3 is 0 Å². The summed E-state index contributed by atoms with van der Waals surface area (Å²) in [6.45, 7) is 7.02. The van der Waals surface area contributed by atoms with E-state index >= 15 is 0 Å². The molecule has 2 aromatic carbocycles. The molecule has 1 aliphatic rings. The normalized spacial score (nSPS) is 14.9. The summed E-state index contributed by atoms with van der Waals surface area (Å²) in [6, 6.07) is 10.1. The van der Waals surface area contributed by atoms with Crippen molar-refractivity contribution in [2.24, 2.45) is 0 Å². The number of fused-ring (bicyclic) bond motifs is 1. The first-order valence-electron chi connectivity index (χ1n) is 11.4. The summed E-state index contributed by atoms with van der Waals surface area (Å²) in [5.74, 6) is -0.0916. The summed E-state index contributed by atoms with van der Waals surface area (Å²) in [4.78, 5) is 22.0. The lowest BCUT2D eigenvalue weighted by Gasteiger charge is -2.34. The van der Waals surface area contributed by atoms with Gasteiger partial charge in [0.25, 0.3) is 5.91 Å². The van der Waals surface area contributed by atoms with Gasteiger partial charge in [-0.1, -0.05) is 42.3 Å². The van der Waals surface area contributed by atoms with Crippen molar-refractivity contribution in [3.63, 3.8) is 0 Å². The minimum atomic E-state index is -3.55. The number of thiazole rings is 1. The summed E-state index contributed by atoms with van der Waals surface area (Å²) < 4.78 is 27.8. The van der Waals surface area contributed by atoms with Gasteiger partial charge in [-0.15, -0.1) is 0 Å². The van der Waals surface area contributed by atoms with Crippen molar-refractivity contribution in [2.45, 2.75) is 31.6 Å². The molecule has 0 atom stereocenters. The van der Waals surface area contributed by atoms with E-state index in [1.54, 1.807) is 35.4 Å². The maximum Gasteiger partial charge on any atom is 0.253 e. The van der Waals surface area contributed by atoms with Crippen molar-refractivity contribution < 1.29 is 13.2 Å². The third-order valence-electron chi connectivity index (χ3n) is 6.16.